The minimum absolute atomic E-state index is 0.0927. The average Bonchev–Trinajstić information content (AvgIpc) is 2.60. The van der Waals surface area contributed by atoms with Gasteiger partial charge in [-0.15, -0.1) is 0 Å². The Morgan fingerprint density at radius 2 is 2.19 bits per heavy atom. The Labute approximate surface area is 94.3 Å². The second-order valence-corrected chi connectivity index (χ2v) is 3.91. The molecule has 0 saturated heterocycles. The molecule has 0 aliphatic rings. The molecule has 0 amide bonds. The van der Waals surface area contributed by atoms with E-state index in [1.54, 1.807) is 23.0 Å². The van der Waals surface area contributed by atoms with E-state index < -0.39 is 0 Å². The monoisotopic (exact) mass is 217 g/mol. The summed E-state index contributed by atoms with van der Waals surface area (Å²) >= 11 is 0. The lowest BCUT2D eigenvalue weighted by Gasteiger charge is -2.09. The number of aromatic hydroxyl groups is 1. The molecule has 0 saturated carbocycles. The van der Waals surface area contributed by atoms with E-state index in [1.165, 1.54) is 0 Å². The number of phenols is 1. The van der Waals surface area contributed by atoms with Crippen molar-refractivity contribution in [2.75, 3.05) is 0 Å². The molecule has 1 aromatic heterocycles. The molecule has 2 aromatic rings. The Hall–Kier alpha value is -1.81. The summed E-state index contributed by atoms with van der Waals surface area (Å²) in [6, 6.07) is 7.00. The molecule has 0 aliphatic carbocycles. The Kier molecular flexibility index (Phi) is 2.66. The first-order valence-corrected chi connectivity index (χ1v) is 5.16. The van der Waals surface area contributed by atoms with E-state index in [4.69, 9.17) is 5.73 Å². The molecular formula is C12H15N3O. The summed E-state index contributed by atoms with van der Waals surface area (Å²) in [7, 11) is 1.87. The van der Waals surface area contributed by atoms with Gasteiger partial charge >= 0.3 is 0 Å². The highest BCUT2D eigenvalue weighted by Gasteiger charge is 2.14. The zero-order chi connectivity index (χ0) is 11.7. The summed E-state index contributed by atoms with van der Waals surface area (Å²) < 4.78 is 1.77. The maximum Gasteiger partial charge on any atom is 0.116 e. The maximum absolute atomic E-state index is 9.45. The lowest BCUT2D eigenvalue weighted by Crippen LogP contribution is -2.11. The summed E-state index contributed by atoms with van der Waals surface area (Å²) in [6.45, 7) is 1.92. The second kappa shape index (κ2) is 3.98. The summed E-state index contributed by atoms with van der Waals surface area (Å²) in [6.07, 6.45) is 1.77. The van der Waals surface area contributed by atoms with Gasteiger partial charge in [0.25, 0.3) is 0 Å². The van der Waals surface area contributed by atoms with Crippen LogP contribution < -0.4 is 5.73 Å². The van der Waals surface area contributed by atoms with Gasteiger partial charge in [0, 0.05) is 18.7 Å². The van der Waals surface area contributed by atoms with Crippen molar-refractivity contribution < 1.29 is 5.11 Å². The smallest absolute Gasteiger partial charge is 0.116 e. The molecule has 4 heteroatoms. The van der Waals surface area contributed by atoms with E-state index in [0.717, 1.165) is 16.8 Å². The summed E-state index contributed by atoms with van der Waals surface area (Å²) in [5.74, 6) is 0.247. The number of nitrogens with zero attached hydrogens (tertiary/aromatic N) is 2. The van der Waals surface area contributed by atoms with Crippen molar-refractivity contribution in [3.8, 4) is 16.9 Å². The molecule has 3 N–H and O–H groups in total. The molecule has 0 aliphatic heterocycles. The number of hydrogen-bond donors (Lipinski definition) is 2. The van der Waals surface area contributed by atoms with E-state index in [2.05, 4.69) is 5.10 Å². The van der Waals surface area contributed by atoms with Gasteiger partial charge in [0.1, 0.15) is 5.75 Å². The zero-order valence-electron chi connectivity index (χ0n) is 9.38. The zero-order valence-corrected chi connectivity index (χ0v) is 9.38. The van der Waals surface area contributed by atoms with Crippen LogP contribution in [0.1, 0.15) is 18.7 Å². The van der Waals surface area contributed by atoms with Crippen LogP contribution in [0.4, 0.5) is 0 Å². The van der Waals surface area contributed by atoms with Crippen molar-refractivity contribution in [1.29, 1.82) is 0 Å². The molecule has 16 heavy (non-hydrogen) atoms. The molecule has 84 valence electrons. The van der Waals surface area contributed by atoms with E-state index >= 15 is 0 Å². The highest BCUT2D eigenvalue weighted by molar-refractivity contribution is 5.67. The van der Waals surface area contributed by atoms with Gasteiger partial charge in [-0.1, -0.05) is 12.1 Å². The largest absolute Gasteiger partial charge is 0.508 e. The van der Waals surface area contributed by atoms with Crippen LogP contribution in [0.5, 0.6) is 5.75 Å². The van der Waals surface area contributed by atoms with Crippen LogP contribution in [0.15, 0.2) is 30.5 Å². The van der Waals surface area contributed by atoms with Crippen LogP contribution in [0, 0.1) is 0 Å². The van der Waals surface area contributed by atoms with Crippen molar-refractivity contribution in [2.45, 2.75) is 13.0 Å². The SMILES string of the molecule is CC(N)c1c(-c2cccc(O)c2)cnn1C. The van der Waals surface area contributed by atoms with Gasteiger partial charge in [-0.3, -0.25) is 4.68 Å². The minimum atomic E-state index is -0.0927. The Morgan fingerprint density at radius 1 is 1.44 bits per heavy atom. The molecule has 1 aromatic carbocycles. The number of nitrogens with two attached hydrogens (primary N) is 1. The Morgan fingerprint density at radius 3 is 2.81 bits per heavy atom. The van der Waals surface area contributed by atoms with Crippen LogP contribution in [0.2, 0.25) is 0 Å². The van der Waals surface area contributed by atoms with Crippen LogP contribution in [-0.4, -0.2) is 14.9 Å². The Bertz CT molecular complexity index is 503. The lowest BCUT2D eigenvalue weighted by atomic mass is 10.0. The number of rotatable bonds is 2. The quantitative estimate of drug-likeness (QED) is 0.806. The van der Waals surface area contributed by atoms with Gasteiger partial charge in [-0.05, 0) is 24.6 Å². The number of aryl methyl sites for hydroxylation is 1. The number of hydrogen-bond acceptors (Lipinski definition) is 3. The standard InChI is InChI=1S/C12H15N3O/c1-8(13)12-11(7-14-15(12)2)9-4-3-5-10(16)6-9/h3-8,16H,13H2,1-2H3. The van der Waals surface area contributed by atoms with Gasteiger partial charge in [-0.2, -0.15) is 5.10 Å². The average molecular weight is 217 g/mol. The molecular weight excluding hydrogens is 202 g/mol. The van der Waals surface area contributed by atoms with Crippen LogP contribution >= 0.6 is 0 Å². The van der Waals surface area contributed by atoms with Crippen LogP contribution in [-0.2, 0) is 7.05 Å². The fraction of sp³-hybridized carbons (Fsp3) is 0.250. The predicted octanol–water partition coefficient (Wildman–Crippen LogP) is 1.81. The molecule has 0 spiro atoms. The third-order valence-electron chi connectivity index (χ3n) is 2.57. The van der Waals surface area contributed by atoms with Gasteiger partial charge in [0.05, 0.1) is 11.9 Å². The first kappa shape index (κ1) is 10.7. The van der Waals surface area contributed by atoms with E-state index in [0.29, 0.717) is 0 Å². The molecule has 1 atom stereocenters. The van der Waals surface area contributed by atoms with Gasteiger partial charge in [0.2, 0.25) is 0 Å². The normalized spacial score (nSPS) is 12.7. The lowest BCUT2D eigenvalue weighted by molar-refractivity contribution is 0.475. The number of phenolic OH excluding ortho intramolecular Hbond substituents is 1. The molecule has 0 bridgehead atoms. The van der Waals surface area contributed by atoms with Crippen LogP contribution in [0.25, 0.3) is 11.1 Å². The molecule has 1 unspecified atom stereocenters. The van der Waals surface area contributed by atoms with Gasteiger partial charge in [0.15, 0.2) is 0 Å². The number of benzene rings is 1. The number of aromatic nitrogens is 2. The van der Waals surface area contributed by atoms with Crippen LogP contribution in [0.3, 0.4) is 0 Å². The molecule has 4 nitrogen and oxygen atoms in total. The minimum Gasteiger partial charge on any atom is -0.508 e. The molecule has 1 heterocycles. The fourth-order valence-corrected chi connectivity index (χ4v) is 1.88. The van der Waals surface area contributed by atoms with Crippen molar-refractivity contribution >= 4 is 0 Å². The summed E-state index contributed by atoms with van der Waals surface area (Å²) in [5, 5.41) is 13.7. The first-order chi connectivity index (χ1) is 7.59. The summed E-state index contributed by atoms with van der Waals surface area (Å²) in [4.78, 5) is 0. The molecule has 0 fully saturated rings. The van der Waals surface area contributed by atoms with Crippen molar-refractivity contribution in [3.63, 3.8) is 0 Å². The highest BCUT2D eigenvalue weighted by Crippen LogP contribution is 2.28. The fourth-order valence-electron chi connectivity index (χ4n) is 1.88. The third-order valence-corrected chi connectivity index (χ3v) is 2.57. The molecule has 2 rings (SSSR count). The first-order valence-electron chi connectivity index (χ1n) is 5.16. The topological polar surface area (TPSA) is 64.1 Å². The van der Waals surface area contributed by atoms with Gasteiger partial charge < -0.3 is 10.8 Å². The van der Waals surface area contributed by atoms with E-state index in [9.17, 15) is 5.11 Å². The highest BCUT2D eigenvalue weighted by atomic mass is 16.3. The summed E-state index contributed by atoms with van der Waals surface area (Å²) in [5.41, 5.74) is 8.77. The van der Waals surface area contributed by atoms with Gasteiger partial charge in [-0.25, -0.2) is 0 Å². The Balaban J connectivity index is 2.56. The van der Waals surface area contributed by atoms with Crippen molar-refractivity contribution in [1.82, 2.24) is 9.78 Å². The van der Waals surface area contributed by atoms with Crippen molar-refractivity contribution in [2.24, 2.45) is 12.8 Å². The second-order valence-electron chi connectivity index (χ2n) is 3.91. The molecule has 0 radical (unpaired) electrons. The van der Waals surface area contributed by atoms with E-state index in [1.807, 2.05) is 26.1 Å². The van der Waals surface area contributed by atoms with E-state index in [-0.39, 0.29) is 11.8 Å². The maximum atomic E-state index is 9.45. The van der Waals surface area contributed by atoms with Crippen molar-refractivity contribution in [3.05, 3.63) is 36.2 Å². The third kappa shape index (κ3) is 1.79. The predicted molar refractivity (Wildman–Crippen MR) is 62.9 cm³/mol.